The fraction of sp³-hybridized carbons (Fsp3) is 0.571. The van der Waals surface area contributed by atoms with Crippen molar-refractivity contribution in [2.45, 2.75) is 19.4 Å². The van der Waals surface area contributed by atoms with E-state index in [2.05, 4.69) is 24.9 Å². The summed E-state index contributed by atoms with van der Waals surface area (Å²) in [5.74, 6) is 0.754. The Hall–Kier alpha value is -1.26. The first kappa shape index (κ1) is 13.2. The molecule has 100 valence electrons. The van der Waals surface area contributed by atoms with E-state index in [1.165, 1.54) is 5.56 Å². The van der Waals surface area contributed by atoms with Gasteiger partial charge in [0.1, 0.15) is 18.5 Å². The second-order valence-electron chi connectivity index (χ2n) is 4.79. The van der Waals surface area contributed by atoms with Gasteiger partial charge in [0.05, 0.1) is 12.3 Å². The number of hydrogen-bond donors (Lipinski definition) is 1. The molecule has 1 unspecified atom stereocenters. The van der Waals surface area contributed by atoms with Crippen LogP contribution >= 0.6 is 0 Å². The predicted octanol–water partition coefficient (Wildman–Crippen LogP) is 1.54. The van der Waals surface area contributed by atoms with Crippen LogP contribution in [0.1, 0.15) is 12.5 Å². The van der Waals surface area contributed by atoms with E-state index in [0.29, 0.717) is 12.3 Å². The van der Waals surface area contributed by atoms with Crippen molar-refractivity contribution in [2.24, 2.45) is 0 Å². The summed E-state index contributed by atoms with van der Waals surface area (Å²) in [5.41, 5.74) is 7.90. The summed E-state index contributed by atoms with van der Waals surface area (Å²) in [7, 11) is 2.10. The van der Waals surface area contributed by atoms with Crippen LogP contribution < -0.4 is 10.5 Å². The quantitative estimate of drug-likeness (QED) is 0.824. The molecule has 4 nitrogen and oxygen atoms in total. The number of morpholine rings is 1. The van der Waals surface area contributed by atoms with Crippen LogP contribution in [0.15, 0.2) is 18.2 Å². The van der Waals surface area contributed by atoms with E-state index in [4.69, 9.17) is 15.2 Å². The van der Waals surface area contributed by atoms with Crippen LogP contribution in [0, 0.1) is 0 Å². The second-order valence-corrected chi connectivity index (χ2v) is 4.79. The Balaban J connectivity index is 1.89. The van der Waals surface area contributed by atoms with Gasteiger partial charge in [-0.2, -0.15) is 0 Å². The summed E-state index contributed by atoms with van der Waals surface area (Å²) in [6.45, 7) is 5.34. The maximum absolute atomic E-state index is 5.96. The van der Waals surface area contributed by atoms with Crippen LogP contribution in [0.5, 0.6) is 5.75 Å². The van der Waals surface area contributed by atoms with E-state index in [1.54, 1.807) is 0 Å². The van der Waals surface area contributed by atoms with Crippen molar-refractivity contribution in [1.82, 2.24) is 4.90 Å². The molecule has 1 aromatic rings. The molecule has 0 aromatic heterocycles. The molecule has 0 bridgehead atoms. The van der Waals surface area contributed by atoms with E-state index in [0.717, 1.165) is 31.9 Å². The first-order chi connectivity index (χ1) is 8.69. The number of nitrogen functional groups attached to an aromatic ring is 1. The molecule has 2 N–H and O–H groups in total. The van der Waals surface area contributed by atoms with E-state index >= 15 is 0 Å². The standard InChI is InChI=1S/C14H22N2O2/c1-3-11-4-5-14(13(15)8-11)18-10-12-9-16(2)6-7-17-12/h4-5,8,12H,3,6-7,9-10,15H2,1-2H3. The lowest BCUT2D eigenvalue weighted by Crippen LogP contribution is -2.42. The third kappa shape index (κ3) is 3.37. The highest BCUT2D eigenvalue weighted by molar-refractivity contribution is 5.54. The minimum Gasteiger partial charge on any atom is -0.489 e. The molecule has 1 aliphatic rings. The number of ether oxygens (including phenoxy) is 2. The second kappa shape index (κ2) is 6.07. The maximum atomic E-state index is 5.96. The molecule has 2 rings (SSSR count). The van der Waals surface area contributed by atoms with Crippen molar-refractivity contribution in [3.8, 4) is 5.75 Å². The van der Waals surface area contributed by atoms with Crippen LogP contribution in [0.25, 0.3) is 0 Å². The predicted molar refractivity (Wildman–Crippen MR) is 73.0 cm³/mol. The largest absolute Gasteiger partial charge is 0.489 e. The molecular weight excluding hydrogens is 228 g/mol. The number of anilines is 1. The van der Waals surface area contributed by atoms with Crippen LogP contribution in [0.2, 0.25) is 0 Å². The minimum atomic E-state index is 0.133. The molecule has 0 amide bonds. The number of aryl methyl sites for hydroxylation is 1. The number of nitrogens with zero attached hydrogens (tertiary/aromatic N) is 1. The highest BCUT2D eigenvalue weighted by atomic mass is 16.5. The van der Waals surface area contributed by atoms with Gasteiger partial charge in [0, 0.05) is 13.1 Å². The van der Waals surface area contributed by atoms with Gasteiger partial charge in [-0.25, -0.2) is 0 Å². The molecule has 0 radical (unpaired) electrons. The molecule has 0 aliphatic carbocycles. The van der Waals surface area contributed by atoms with Crippen molar-refractivity contribution >= 4 is 5.69 Å². The van der Waals surface area contributed by atoms with Gasteiger partial charge in [-0.1, -0.05) is 13.0 Å². The summed E-state index contributed by atoms with van der Waals surface area (Å²) in [6, 6.07) is 5.98. The number of hydrogen-bond acceptors (Lipinski definition) is 4. The molecular formula is C14H22N2O2. The molecule has 4 heteroatoms. The fourth-order valence-electron chi connectivity index (χ4n) is 2.10. The van der Waals surface area contributed by atoms with Crippen molar-refractivity contribution in [3.05, 3.63) is 23.8 Å². The van der Waals surface area contributed by atoms with Crippen LogP contribution in [0.4, 0.5) is 5.69 Å². The Morgan fingerprint density at radius 3 is 3.00 bits per heavy atom. The third-order valence-electron chi connectivity index (χ3n) is 3.25. The van der Waals surface area contributed by atoms with E-state index in [-0.39, 0.29) is 6.10 Å². The van der Waals surface area contributed by atoms with E-state index < -0.39 is 0 Å². The van der Waals surface area contributed by atoms with E-state index in [1.807, 2.05) is 12.1 Å². The fourth-order valence-corrected chi connectivity index (χ4v) is 2.10. The number of nitrogens with two attached hydrogens (primary N) is 1. The molecule has 1 heterocycles. The lowest BCUT2D eigenvalue weighted by Gasteiger charge is -2.29. The van der Waals surface area contributed by atoms with Gasteiger partial charge in [-0.15, -0.1) is 0 Å². The monoisotopic (exact) mass is 250 g/mol. The Bertz CT molecular complexity index is 395. The highest BCUT2D eigenvalue weighted by Gasteiger charge is 2.18. The lowest BCUT2D eigenvalue weighted by atomic mass is 10.1. The Morgan fingerprint density at radius 1 is 1.50 bits per heavy atom. The summed E-state index contributed by atoms with van der Waals surface area (Å²) in [6.07, 6.45) is 1.12. The molecule has 1 atom stereocenters. The van der Waals surface area contributed by atoms with Crippen LogP contribution in [0.3, 0.4) is 0 Å². The van der Waals surface area contributed by atoms with Gasteiger partial charge in [-0.05, 0) is 31.2 Å². The molecule has 1 fully saturated rings. The Labute approximate surface area is 109 Å². The number of rotatable bonds is 4. The average Bonchev–Trinajstić information content (AvgIpc) is 2.37. The van der Waals surface area contributed by atoms with Crippen LogP contribution in [-0.4, -0.2) is 44.4 Å². The summed E-state index contributed by atoms with van der Waals surface area (Å²) in [5, 5.41) is 0. The van der Waals surface area contributed by atoms with Gasteiger partial charge >= 0.3 is 0 Å². The zero-order valence-corrected chi connectivity index (χ0v) is 11.2. The first-order valence-electron chi connectivity index (χ1n) is 6.50. The van der Waals surface area contributed by atoms with Gasteiger partial charge in [0.2, 0.25) is 0 Å². The summed E-state index contributed by atoms with van der Waals surface area (Å²) < 4.78 is 11.4. The number of benzene rings is 1. The van der Waals surface area contributed by atoms with Gasteiger partial charge in [0.15, 0.2) is 0 Å². The highest BCUT2D eigenvalue weighted by Crippen LogP contribution is 2.23. The van der Waals surface area contributed by atoms with E-state index in [9.17, 15) is 0 Å². The normalized spacial score (nSPS) is 20.9. The minimum absolute atomic E-state index is 0.133. The van der Waals surface area contributed by atoms with Crippen molar-refractivity contribution < 1.29 is 9.47 Å². The SMILES string of the molecule is CCc1ccc(OCC2CN(C)CCO2)c(N)c1. The Kier molecular flexibility index (Phi) is 4.44. The van der Waals surface area contributed by atoms with Gasteiger partial charge < -0.3 is 20.1 Å². The first-order valence-corrected chi connectivity index (χ1v) is 6.50. The Morgan fingerprint density at radius 2 is 2.33 bits per heavy atom. The zero-order chi connectivity index (χ0) is 13.0. The maximum Gasteiger partial charge on any atom is 0.142 e. The third-order valence-corrected chi connectivity index (χ3v) is 3.25. The molecule has 1 aromatic carbocycles. The summed E-state index contributed by atoms with van der Waals surface area (Å²) in [4.78, 5) is 2.25. The van der Waals surface area contributed by atoms with Gasteiger partial charge in [-0.3, -0.25) is 0 Å². The number of likely N-dealkylation sites (N-methyl/N-ethyl adjacent to an activating group) is 1. The smallest absolute Gasteiger partial charge is 0.142 e. The zero-order valence-electron chi connectivity index (χ0n) is 11.2. The molecule has 18 heavy (non-hydrogen) atoms. The van der Waals surface area contributed by atoms with Crippen LogP contribution in [-0.2, 0) is 11.2 Å². The molecule has 0 saturated carbocycles. The summed E-state index contributed by atoms with van der Waals surface area (Å²) >= 11 is 0. The molecule has 0 spiro atoms. The molecule has 1 saturated heterocycles. The molecule has 1 aliphatic heterocycles. The van der Waals surface area contributed by atoms with Crippen molar-refractivity contribution in [2.75, 3.05) is 39.1 Å². The van der Waals surface area contributed by atoms with Gasteiger partial charge in [0.25, 0.3) is 0 Å². The van der Waals surface area contributed by atoms with Crippen molar-refractivity contribution in [3.63, 3.8) is 0 Å². The average molecular weight is 250 g/mol. The van der Waals surface area contributed by atoms with Crippen molar-refractivity contribution in [1.29, 1.82) is 0 Å². The lowest BCUT2D eigenvalue weighted by molar-refractivity contribution is -0.0402. The topological polar surface area (TPSA) is 47.7 Å².